The van der Waals surface area contributed by atoms with E-state index in [-0.39, 0.29) is 30.0 Å². The van der Waals surface area contributed by atoms with Crippen LogP contribution in [0.1, 0.15) is 22.8 Å². The molecule has 0 saturated carbocycles. The maximum absolute atomic E-state index is 12.2. The van der Waals surface area contributed by atoms with Gasteiger partial charge in [-0.3, -0.25) is 14.9 Å². The number of carbonyl (C=O) groups is 1. The Kier molecular flexibility index (Phi) is 6.44. The van der Waals surface area contributed by atoms with E-state index >= 15 is 0 Å². The zero-order chi connectivity index (χ0) is 13.9. The maximum atomic E-state index is 12.2. The predicted octanol–water partition coefficient (Wildman–Crippen LogP) is 1.74. The summed E-state index contributed by atoms with van der Waals surface area (Å²) < 4.78 is 0. The van der Waals surface area contributed by atoms with Crippen LogP contribution in [-0.4, -0.2) is 35.4 Å². The molecule has 0 aliphatic heterocycles. The van der Waals surface area contributed by atoms with Crippen molar-refractivity contribution in [1.82, 2.24) is 4.90 Å². The molecule has 0 heterocycles. The Morgan fingerprint density at radius 2 is 2.11 bits per heavy atom. The van der Waals surface area contributed by atoms with Crippen molar-refractivity contribution >= 4 is 24.0 Å². The van der Waals surface area contributed by atoms with Crippen LogP contribution >= 0.6 is 12.4 Å². The Bertz CT molecular complexity index is 479. The summed E-state index contributed by atoms with van der Waals surface area (Å²) in [7, 11) is 1.64. The average molecular weight is 288 g/mol. The summed E-state index contributed by atoms with van der Waals surface area (Å²) in [5.41, 5.74) is 6.17. The second-order valence-corrected chi connectivity index (χ2v) is 4.21. The van der Waals surface area contributed by atoms with Crippen molar-refractivity contribution in [1.29, 1.82) is 0 Å². The molecule has 1 rings (SSSR count). The van der Waals surface area contributed by atoms with Gasteiger partial charge in [0.2, 0.25) is 0 Å². The minimum Gasteiger partial charge on any atom is -0.338 e. The minimum absolute atomic E-state index is 0. The molecule has 1 amide bonds. The first-order chi connectivity index (χ1) is 8.40. The van der Waals surface area contributed by atoms with Gasteiger partial charge in [-0.2, -0.15) is 0 Å². The highest BCUT2D eigenvalue weighted by atomic mass is 35.5. The lowest BCUT2D eigenvalue weighted by atomic mass is 10.1. The third-order valence-electron chi connectivity index (χ3n) is 3.05. The molecule has 7 heteroatoms. The molecule has 6 nitrogen and oxygen atoms in total. The smallest absolute Gasteiger partial charge is 0.273 e. The van der Waals surface area contributed by atoms with E-state index in [2.05, 4.69) is 0 Å². The van der Waals surface area contributed by atoms with Gasteiger partial charge in [-0.05, 0) is 19.9 Å². The Hall–Kier alpha value is -1.66. The molecule has 0 radical (unpaired) electrons. The molecular formula is C12H18ClN3O3. The number of nitro groups is 1. The summed E-state index contributed by atoms with van der Waals surface area (Å²) in [5, 5.41) is 10.8. The number of hydrogen-bond donors (Lipinski definition) is 1. The lowest BCUT2D eigenvalue weighted by Gasteiger charge is -2.24. The molecule has 1 aromatic rings. The summed E-state index contributed by atoms with van der Waals surface area (Å²) in [4.78, 5) is 24.0. The third-order valence-corrected chi connectivity index (χ3v) is 3.05. The van der Waals surface area contributed by atoms with Crippen LogP contribution in [0.5, 0.6) is 0 Å². The molecule has 1 unspecified atom stereocenters. The van der Waals surface area contributed by atoms with Gasteiger partial charge in [0.1, 0.15) is 0 Å². The standard InChI is InChI=1S/C12H17N3O3.ClH/c1-8(7-13)14(3)12(16)10-5-4-6-11(9(10)2)15(17)18;/h4-6,8H,7,13H2,1-3H3;1H. The molecule has 0 spiro atoms. The first kappa shape index (κ1) is 17.3. The molecule has 0 saturated heterocycles. The summed E-state index contributed by atoms with van der Waals surface area (Å²) >= 11 is 0. The third kappa shape index (κ3) is 3.65. The molecule has 2 N–H and O–H groups in total. The Morgan fingerprint density at radius 3 is 2.58 bits per heavy atom. The van der Waals surface area contributed by atoms with E-state index in [9.17, 15) is 14.9 Å². The van der Waals surface area contributed by atoms with Gasteiger partial charge < -0.3 is 10.6 Å². The highest BCUT2D eigenvalue weighted by Crippen LogP contribution is 2.22. The summed E-state index contributed by atoms with van der Waals surface area (Å²) in [6.07, 6.45) is 0. The number of nitrogens with zero attached hydrogens (tertiary/aromatic N) is 2. The normalized spacial score (nSPS) is 11.4. The van der Waals surface area contributed by atoms with Gasteiger partial charge in [0.15, 0.2) is 0 Å². The first-order valence-electron chi connectivity index (χ1n) is 5.61. The molecule has 19 heavy (non-hydrogen) atoms. The molecule has 106 valence electrons. The largest absolute Gasteiger partial charge is 0.338 e. The molecule has 0 aliphatic carbocycles. The second kappa shape index (κ2) is 7.06. The van der Waals surface area contributed by atoms with Crippen LogP contribution in [-0.2, 0) is 0 Å². The Balaban J connectivity index is 0.00000324. The fourth-order valence-corrected chi connectivity index (χ4v) is 1.60. The summed E-state index contributed by atoms with van der Waals surface area (Å²) in [6.45, 7) is 3.74. The zero-order valence-corrected chi connectivity index (χ0v) is 11.9. The molecule has 0 aromatic heterocycles. The number of benzene rings is 1. The molecule has 0 aliphatic rings. The highest BCUT2D eigenvalue weighted by molar-refractivity contribution is 5.96. The van der Waals surface area contributed by atoms with Crippen molar-refractivity contribution < 1.29 is 9.72 Å². The number of hydrogen-bond acceptors (Lipinski definition) is 4. The number of nitro benzene ring substituents is 1. The SMILES string of the molecule is Cc1c(C(=O)N(C)C(C)CN)cccc1[N+](=O)[O-].Cl. The van der Waals surface area contributed by atoms with Crippen molar-refractivity contribution in [2.45, 2.75) is 19.9 Å². The van der Waals surface area contributed by atoms with E-state index in [0.717, 1.165) is 0 Å². The minimum atomic E-state index is -0.488. The van der Waals surface area contributed by atoms with Gasteiger partial charge in [-0.25, -0.2) is 0 Å². The van der Waals surface area contributed by atoms with Gasteiger partial charge in [0.05, 0.1) is 4.92 Å². The van der Waals surface area contributed by atoms with E-state index in [1.807, 2.05) is 6.92 Å². The van der Waals surface area contributed by atoms with Crippen LogP contribution in [0.3, 0.4) is 0 Å². The molecular weight excluding hydrogens is 270 g/mol. The van der Waals surface area contributed by atoms with Crippen LogP contribution in [0.15, 0.2) is 18.2 Å². The number of carbonyl (C=O) groups excluding carboxylic acids is 1. The fourth-order valence-electron chi connectivity index (χ4n) is 1.60. The van der Waals surface area contributed by atoms with Gasteiger partial charge >= 0.3 is 0 Å². The molecule has 0 fully saturated rings. The monoisotopic (exact) mass is 287 g/mol. The molecule has 1 atom stereocenters. The Morgan fingerprint density at radius 1 is 1.53 bits per heavy atom. The lowest BCUT2D eigenvalue weighted by Crippen LogP contribution is -2.40. The van der Waals surface area contributed by atoms with Crippen molar-refractivity contribution in [3.63, 3.8) is 0 Å². The van der Waals surface area contributed by atoms with Crippen LogP contribution in [0, 0.1) is 17.0 Å². The molecule has 0 bridgehead atoms. The lowest BCUT2D eigenvalue weighted by molar-refractivity contribution is -0.385. The predicted molar refractivity (Wildman–Crippen MR) is 75.7 cm³/mol. The number of nitrogens with two attached hydrogens (primary N) is 1. The van der Waals surface area contributed by atoms with E-state index in [0.29, 0.717) is 17.7 Å². The van der Waals surface area contributed by atoms with Crippen molar-refractivity contribution in [2.75, 3.05) is 13.6 Å². The van der Waals surface area contributed by atoms with Crippen LogP contribution in [0.4, 0.5) is 5.69 Å². The van der Waals surface area contributed by atoms with Crippen LogP contribution in [0.25, 0.3) is 0 Å². The van der Waals surface area contributed by atoms with Gasteiger partial charge in [-0.15, -0.1) is 12.4 Å². The zero-order valence-electron chi connectivity index (χ0n) is 11.1. The van der Waals surface area contributed by atoms with Crippen molar-refractivity contribution in [3.8, 4) is 0 Å². The summed E-state index contributed by atoms with van der Waals surface area (Å²) in [6, 6.07) is 4.37. The van der Waals surface area contributed by atoms with Gasteiger partial charge in [-0.1, -0.05) is 6.07 Å². The van der Waals surface area contributed by atoms with E-state index in [4.69, 9.17) is 5.73 Å². The van der Waals surface area contributed by atoms with E-state index in [1.165, 1.54) is 17.0 Å². The fraction of sp³-hybridized carbons (Fsp3) is 0.417. The van der Waals surface area contributed by atoms with E-state index in [1.54, 1.807) is 20.0 Å². The quantitative estimate of drug-likeness (QED) is 0.675. The van der Waals surface area contributed by atoms with Gasteiger partial charge in [0, 0.05) is 36.8 Å². The van der Waals surface area contributed by atoms with Crippen molar-refractivity contribution in [3.05, 3.63) is 39.4 Å². The number of likely N-dealkylation sites (N-methyl/N-ethyl adjacent to an activating group) is 1. The highest BCUT2D eigenvalue weighted by Gasteiger charge is 2.22. The number of halogens is 1. The number of amides is 1. The average Bonchev–Trinajstić information content (AvgIpc) is 2.36. The Labute approximate surface area is 118 Å². The number of rotatable bonds is 4. The molecule has 1 aromatic carbocycles. The maximum Gasteiger partial charge on any atom is 0.273 e. The topological polar surface area (TPSA) is 89.5 Å². The van der Waals surface area contributed by atoms with E-state index < -0.39 is 4.92 Å². The first-order valence-corrected chi connectivity index (χ1v) is 5.61. The van der Waals surface area contributed by atoms with Gasteiger partial charge in [0.25, 0.3) is 11.6 Å². The van der Waals surface area contributed by atoms with Crippen LogP contribution < -0.4 is 5.73 Å². The van der Waals surface area contributed by atoms with Crippen molar-refractivity contribution in [2.24, 2.45) is 5.73 Å². The second-order valence-electron chi connectivity index (χ2n) is 4.21. The van der Waals surface area contributed by atoms with Crippen LogP contribution in [0.2, 0.25) is 0 Å². The summed E-state index contributed by atoms with van der Waals surface area (Å²) in [5.74, 6) is -0.255.